The fraction of sp³-hybridized carbons (Fsp3) is 0.697. The molecule has 39 heavy (non-hydrogen) atoms. The Kier molecular flexibility index (Phi) is 14.7. The summed E-state index contributed by atoms with van der Waals surface area (Å²) in [5, 5.41) is 26.0. The summed E-state index contributed by atoms with van der Waals surface area (Å²) in [5.74, 6) is 1.52. The molecular formula is C33H54O6. The van der Waals surface area contributed by atoms with Crippen LogP contribution in [0.25, 0.3) is 0 Å². The monoisotopic (exact) mass is 546 g/mol. The first-order valence-corrected chi connectivity index (χ1v) is 14.8. The van der Waals surface area contributed by atoms with Gasteiger partial charge in [-0.25, -0.2) is 9.59 Å². The molecule has 222 valence electrons. The van der Waals surface area contributed by atoms with Crippen molar-refractivity contribution in [1.82, 2.24) is 0 Å². The molecule has 0 aliphatic carbocycles. The zero-order chi connectivity index (χ0) is 29.8. The quantitative estimate of drug-likeness (QED) is 0.202. The number of phenols is 1. The second-order valence-corrected chi connectivity index (χ2v) is 12.5. The van der Waals surface area contributed by atoms with E-state index in [2.05, 4.69) is 41.5 Å². The van der Waals surface area contributed by atoms with Crippen LogP contribution in [0.4, 0.5) is 0 Å². The van der Waals surface area contributed by atoms with E-state index in [0.717, 1.165) is 59.5 Å². The minimum absolute atomic E-state index is 0.0712. The van der Waals surface area contributed by atoms with Crippen molar-refractivity contribution in [2.24, 2.45) is 17.8 Å². The molecule has 2 rings (SSSR count). The van der Waals surface area contributed by atoms with Gasteiger partial charge in [-0.15, -0.1) is 0 Å². The van der Waals surface area contributed by atoms with E-state index in [0.29, 0.717) is 17.9 Å². The van der Waals surface area contributed by atoms with Gasteiger partial charge in [0.25, 0.3) is 0 Å². The molecule has 0 spiro atoms. The van der Waals surface area contributed by atoms with Gasteiger partial charge in [-0.1, -0.05) is 72.6 Å². The summed E-state index contributed by atoms with van der Waals surface area (Å²) in [6.45, 7) is 17.9. The topological polar surface area (TPSA) is 104 Å². The average molecular weight is 547 g/mol. The van der Waals surface area contributed by atoms with Gasteiger partial charge < -0.3 is 20.1 Å². The average Bonchev–Trinajstić information content (AvgIpc) is 2.85. The summed E-state index contributed by atoms with van der Waals surface area (Å²) in [7, 11) is 0. The molecule has 0 saturated carbocycles. The molecule has 0 amide bonds. The first-order valence-electron chi connectivity index (χ1n) is 14.8. The molecule has 3 atom stereocenters. The van der Waals surface area contributed by atoms with Crippen molar-refractivity contribution < 1.29 is 29.6 Å². The van der Waals surface area contributed by atoms with Crippen LogP contribution in [0.2, 0.25) is 0 Å². The lowest BCUT2D eigenvalue weighted by Crippen LogP contribution is -2.37. The smallest absolute Gasteiger partial charge is 0.328 e. The lowest BCUT2D eigenvalue weighted by molar-refractivity contribution is -0.134. The molecule has 0 fully saturated rings. The second-order valence-electron chi connectivity index (χ2n) is 12.5. The van der Waals surface area contributed by atoms with Crippen LogP contribution in [0, 0.1) is 38.5 Å². The first-order chi connectivity index (χ1) is 18.2. The Morgan fingerprint density at radius 2 is 1.31 bits per heavy atom. The van der Waals surface area contributed by atoms with Crippen LogP contribution in [0.3, 0.4) is 0 Å². The van der Waals surface area contributed by atoms with Crippen LogP contribution < -0.4 is 4.74 Å². The number of hydrogen-bond donors (Lipinski definition) is 3. The summed E-state index contributed by atoms with van der Waals surface area (Å²) in [5.41, 5.74) is 4.23. The van der Waals surface area contributed by atoms with E-state index in [4.69, 9.17) is 14.9 Å². The predicted molar refractivity (Wildman–Crippen MR) is 159 cm³/mol. The first kappa shape index (κ1) is 34.5. The molecule has 0 saturated heterocycles. The third kappa shape index (κ3) is 12.5. The maximum atomic E-state index is 10.4. The van der Waals surface area contributed by atoms with E-state index in [1.165, 1.54) is 56.9 Å². The van der Waals surface area contributed by atoms with Crippen molar-refractivity contribution in [3.8, 4) is 11.5 Å². The second kappa shape index (κ2) is 16.6. The summed E-state index contributed by atoms with van der Waals surface area (Å²) >= 11 is 0. The number of benzene rings is 1. The maximum absolute atomic E-state index is 10.4. The Morgan fingerprint density at radius 3 is 1.79 bits per heavy atom. The standard InChI is InChI=1S/C29H50O2.C4H4O4/c1-20(2)12-9-13-21(3)14-10-15-22(4)16-11-18-29(8)19-17-26-25(7)27(30)23(5)24(6)28(26)31-29;5-3(6)1-2-4(7)8/h20-22,30H,9-19H2,1-8H3;1-2H,(H,5,6)(H,7,8)/t21-,22-,29-;/m1./s1. The molecule has 6 heteroatoms. The molecular weight excluding hydrogens is 492 g/mol. The third-order valence-corrected chi connectivity index (χ3v) is 8.24. The van der Waals surface area contributed by atoms with E-state index in [1.54, 1.807) is 0 Å². The summed E-state index contributed by atoms with van der Waals surface area (Å²) in [6, 6.07) is 0. The van der Waals surface area contributed by atoms with Crippen molar-refractivity contribution in [2.75, 3.05) is 0 Å². The van der Waals surface area contributed by atoms with Crippen molar-refractivity contribution >= 4 is 11.9 Å². The number of aliphatic carboxylic acids is 2. The highest BCUT2D eigenvalue weighted by Crippen LogP contribution is 2.44. The number of fused-ring (bicyclic) bond motifs is 1. The van der Waals surface area contributed by atoms with Gasteiger partial charge in [-0.3, -0.25) is 0 Å². The lowest BCUT2D eigenvalue weighted by Gasteiger charge is -2.38. The molecule has 6 nitrogen and oxygen atoms in total. The summed E-state index contributed by atoms with van der Waals surface area (Å²) in [4.78, 5) is 19.1. The SMILES string of the molecule is Cc1c(C)c2c(c(C)c1O)CC[C@@](C)(CCC[C@H](C)CCC[C@H](C)CCCC(C)C)O2.O=C(O)C=CC(=O)O. The fourth-order valence-electron chi connectivity index (χ4n) is 5.42. The van der Waals surface area contributed by atoms with E-state index in [1.807, 2.05) is 13.8 Å². The van der Waals surface area contributed by atoms with E-state index in [9.17, 15) is 14.7 Å². The van der Waals surface area contributed by atoms with Crippen LogP contribution in [0.1, 0.15) is 121 Å². The van der Waals surface area contributed by atoms with Gasteiger partial charge in [0.2, 0.25) is 0 Å². The highest BCUT2D eigenvalue weighted by atomic mass is 16.5. The van der Waals surface area contributed by atoms with Gasteiger partial charge in [-0.05, 0) is 87.8 Å². The van der Waals surface area contributed by atoms with Gasteiger partial charge in [0.1, 0.15) is 17.1 Å². The number of hydrogen-bond acceptors (Lipinski definition) is 4. The Hall–Kier alpha value is -2.50. The van der Waals surface area contributed by atoms with Crippen molar-refractivity contribution in [1.29, 1.82) is 0 Å². The number of aromatic hydroxyl groups is 1. The molecule has 1 aliphatic heterocycles. The van der Waals surface area contributed by atoms with Crippen LogP contribution in [0.5, 0.6) is 11.5 Å². The molecule has 1 aromatic rings. The number of carboxylic acids is 2. The van der Waals surface area contributed by atoms with Gasteiger partial charge in [-0.2, -0.15) is 0 Å². The Labute approximate surface area is 236 Å². The molecule has 0 radical (unpaired) electrons. The van der Waals surface area contributed by atoms with Crippen molar-refractivity contribution in [3.63, 3.8) is 0 Å². The molecule has 0 aromatic heterocycles. The number of rotatable bonds is 14. The normalized spacial score (nSPS) is 18.2. The molecule has 3 N–H and O–H groups in total. The van der Waals surface area contributed by atoms with Gasteiger partial charge in [0, 0.05) is 17.7 Å². The van der Waals surface area contributed by atoms with Crippen molar-refractivity contribution in [2.45, 2.75) is 132 Å². The van der Waals surface area contributed by atoms with Crippen LogP contribution in [-0.2, 0) is 16.0 Å². The zero-order valence-electron chi connectivity index (χ0n) is 25.7. The van der Waals surface area contributed by atoms with Crippen LogP contribution >= 0.6 is 0 Å². The van der Waals surface area contributed by atoms with Crippen LogP contribution in [-0.4, -0.2) is 32.9 Å². The predicted octanol–water partition coefficient (Wildman–Crippen LogP) is 8.55. The fourth-order valence-corrected chi connectivity index (χ4v) is 5.42. The maximum Gasteiger partial charge on any atom is 0.328 e. The summed E-state index contributed by atoms with van der Waals surface area (Å²) in [6.07, 6.45) is 15.2. The van der Waals surface area contributed by atoms with Crippen molar-refractivity contribution in [3.05, 3.63) is 34.4 Å². The minimum atomic E-state index is -1.26. The molecule has 0 bridgehead atoms. The molecule has 0 unspecified atom stereocenters. The lowest BCUT2D eigenvalue weighted by atomic mass is 9.84. The van der Waals surface area contributed by atoms with E-state index in [-0.39, 0.29) is 5.60 Å². The third-order valence-electron chi connectivity index (χ3n) is 8.24. The highest BCUT2D eigenvalue weighted by Gasteiger charge is 2.34. The Morgan fingerprint density at radius 1 is 0.821 bits per heavy atom. The molecule has 1 heterocycles. The number of carbonyl (C=O) groups is 2. The largest absolute Gasteiger partial charge is 0.507 e. The van der Waals surface area contributed by atoms with Gasteiger partial charge in [0.15, 0.2) is 0 Å². The van der Waals surface area contributed by atoms with E-state index < -0.39 is 11.9 Å². The Bertz CT molecular complexity index is 948. The van der Waals surface area contributed by atoms with Crippen LogP contribution in [0.15, 0.2) is 12.2 Å². The van der Waals surface area contributed by atoms with Gasteiger partial charge >= 0.3 is 11.9 Å². The molecule has 1 aromatic carbocycles. The van der Waals surface area contributed by atoms with E-state index >= 15 is 0 Å². The minimum Gasteiger partial charge on any atom is -0.507 e. The summed E-state index contributed by atoms with van der Waals surface area (Å²) < 4.78 is 6.60. The number of ether oxygens (including phenoxy) is 1. The Balaban J connectivity index is 0.000000824. The zero-order valence-corrected chi connectivity index (χ0v) is 25.7. The number of phenolic OH excluding ortho intramolecular Hbond substituents is 1. The molecule has 1 aliphatic rings. The number of carboxylic acid groups (broad SMARTS) is 2. The highest BCUT2D eigenvalue weighted by molar-refractivity contribution is 5.89. The van der Waals surface area contributed by atoms with Gasteiger partial charge in [0.05, 0.1) is 0 Å².